The van der Waals surface area contributed by atoms with Crippen LogP contribution in [0.1, 0.15) is 41.5 Å². The summed E-state index contributed by atoms with van der Waals surface area (Å²) in [6.45, 7) is 12.5. The van der Waals surface area contributed by atoms with E-state index >= 15 is 0 Å². The monoisotopic (exact) mass is 303 g/mol. The summed E-state index contributed by atoms with van der Waals surface area (Å²) in [6.07, 6.45) is 1.78. The molecule has 2 rings (SSSR count). The molecule has 120 valence electrons. The summed E-state index contributed by atoms with van der Waals surface area (Å²) in [6, 6.07) is 6.95. The molecule has 0 unspecified atom stereocenters. The highest BCUT2D eigenvalue weighted by atomic mass is 16.5. The average molecular weight is 303 g/mol. The van der Waals surface area contributed by atoms with E-state index in [9.17, 15) is 5.11 Å². The molecule has 1 heterocycles. The van der Waals surface area contributed by atoms with Crippen LogP contribution in [-0.2, 0) is 0 Å². The molecule has 5 heteroatoms. The summed E-state index contributed by atoms with van der Waals surface area (Å²) in [5.74, 6) is 1.18. The van der Waals surface area contributed by atoms with Crippen LogP contribution in [0.4, 0.5) is 0 Å². The zero-order chi connectivity index (χ0) is 16.5. The van der Waals surface area contributed by atoms with Crippen LogP contribution in [0.15, 0.2) is 40.8 Å². The lowest BCUT2D eigenvalue weighted by molar-refractivity contribution is 0.0547. The molecule has 22 heavy (non-hydrogen) atoms. The van der Waals surface area contributed by atoms with Gasteiger partial charge < -0.3 is 9.84 Å². The molecule has 0 spiro atoms. The highest BCUT2D eigenvalue weighted by molar-refractivity contribution is 5.81. The molecule has 1 aliphatic heterocycles. The number of nitrogens with zero attached hydrogens (tertiary/aromatic N) is 2. The van der Waals surface area contributed by atoms with Crippen molar-refractivity contribution in [3.8, 4) is 11.5 Å². The Kier molecular flexibility index (Phi) is 4.09. The van der Waals surface area contributed by atoms with Gasteiger partial charge in [-0.25, -0.2) is 10.5 Å². The van der Waals surface area contributed by atoms with Crippen molar-refractivity contribution in [3.05, 3.63) is 35.7 Å². The Labute approximate surface area is 132 Å². The quantitative estimate of drug-likeness (QED) is 0.876. The first-order valence-corrected chi connectivity index (χ1v) is 7.40. The lowest BCUT2D eigenvalue weighted by Gasteiger charge is -2.41. The van der Waals surface area contributed by atoms with Crippen molar-refractivity contribution in [2.24, 2.45) is 10.5 Å². The molecular formula is C17H25N3O2. The smallest absolute Gasteiger partial charge is 0.221 e. The summed E-state index contributed by atoms with van der Waals surface area (Å²) in [7, 11) is 0. The van der Waals surface area contributed by atoms with Crippen molar-refractivity contribution in [1.82, 2.24) is 10.5 Å². The standard InChI is InChI=1S/C17H25N3O2/c1-16(2,3)12-11-18-19-20(17(4,5)6)15(12)22-14-10-8-7-9-13(14)21/h7-11,19,21H,1-6H3. The van der Waals surface area contributed by atoms with Crippen LogP contribution in [0, 0.1) is 5.41 Å². The summed E-state index contributed by atoms with van der Waals surface area (Å²) < 4.78 is 6.07. The molecule has 1 aromatic rings. The molecule has 5 nitrogen and oxygen atoms in total. The molecular weight excluding hydrogens is 278 g/mol. The van der Waals surface area contributed by atoms with Crippen molar-refractivity contribution < 1.29 is 9.84 Å². The summed E-state index contributed by atoms with van der Waals surface area (Å²) >= 11 is 0. The normalized spacial score (nSPS) is 15.8. The zero-order valence-corrected chi connectivity index (χ0v) is 14.1. The number of hydrogen-bond donors (Lipinski definition) is 2. The van der Waals surface area contributed by atoms with E-state index in [2.05, 4.69) is 52.2 Å². The SMILES string of the molecule is CC(C)(C)C1=C(Oc2ccccc2O)N(C(C)(C)C)NN=C1. The lowest BCUT2D eigenvalue weighted by Crippen LogP contribution is -2.51. The number of aromatic hydroxyl groups is 1. The number of benzene rings is 1. The van der Waals surface area contributed by atoms with Gasteiger partial charge in [-0.05, 0) is 38.3 Å². The van der Waals surface area contributed by atoms with Crippen LogP contribution in [0.2, 0.25) is 0 Å². The number of rotatable bonds is 2. The molecule has 0 saturated carbocycles. The molecule has 0 amide bonds. The Morgan fingerprint density at radius 3 is 2.27 bits per heavy atom. The van der Waals surface area contributed by atoms with Gasteiger partial charge in [0, 0.05) is 5.57 Å². The van der Waals surface area contributed by atoms with Gasteiger partial charge in [0.25, 0.3) is 0 Å². The molecule has 0 radical (unpaired) electrons. The van der Waals surface area contributed by atoms with Crippen molar-refractivity contribution in [3.63, 3.8) is 0 Å². The third kappa shape index (κ3) is 3.35. The predicted molar refractivity (Wildman–Crippen MR) is 88.4 cm³/mol. The molecule has 0 aromatic heterocycles. The third-order valence-corrected chi connectivity index (χ3v) is 3.34. The molecule has 0 fully saturated rings. The maximum Gasteiger partial charge on any atom is 0.221 e. The number of hydrazone groups is 1. The Bertz CT molecular complexity index is 607. The van der Waals surface area contributed by atoms with Gasteiger partial charge in [-0.3, -0.25) is 0 Å². The fourth-order valence-electron chi connectivity index (χ4n) is 2.09. The van der Waals surface area contributed by atoms with E-state index in [-0.39, 0.29) is 16.7 Å². The maximum atomic E-state index is 10.00. The first-order valence-electron chi connectivity index (χ1n) is 7.40. The van der Waals surface area contributed by atoms with Gasteiger partial charge in [0.05, 0.1) is 11.8 Å². The van der Waals surface area contributed by atoms with Crippen LogP contribution in [0.5, 0.6) is 11.5 Å². The minimum Gasteiger partial charge on any atom is -0.504 e. The molecule has 0 saturated heterocycles. The lowest BCUT2D eigenvalue weighted by atomic mass is 9.86. The van der Waals surface area contributed by atoms with Crippen LogP contribution in [-0.4, -0.2) is 21.9 Å². The summed E-state index contributed by atoms with van der Waals surface area (Å²) in [5, 5.41) is 16.1. The van der Waals surface area contributed by atoms with E-state index in [4.69, 9.17) is 4.74 Å². The van der Waals surface area contributed by atoms with E-state index in [0.29, 0.717) is 11.6 Å². The van der Waals surface area contributed by atoms with Crippen molar-refractivity contribution >= 4 is 6.21 Å². The van der Waals surface area contributed by atoms with Gasteiger partial charge in [0.2, 0.25) is 5.88 Å². The van der Waals surface area contributed by atoms with Crippen LogP contribution in [0.3, 0.4) is 0 Å². The second-order valence-corrected chi connectivity index (χ2v) is 7.40. The number of ether oxygens (including phenoxy) is 1. The van der Waals surface area contributed by atoms with E-state index in [1.807, 2.05) is 11.1 Å². The highest BCUT2D eigenvalue weighted by Gasteiger charge is 2.34. The van der Waals surface area contributed by atoms with Crippen LogP contribution >= 0.6 is 0 Å². The number of phenolic OH excluding ortho intramolecular Hbond substituents is 1. The van der Waals surface area contributed by atoms with Crippen molar-refractivity contribution in [1.29, 1.82) is 0 Å². The maximum absolute atomic E-state index is 10.00. The number of para-hydroxylation sites is 2. The Morgan fingerprint density at radius 2 is 1.73 bits per heavy atom. The van der Waals surface area contributed by atoms with Gasteiger partial charge >= 0.3 is 0 Å². The van der Waals surface area contributed by atoms with Gasteiger partial charge in [-0.15, -0.1) is 0 Å². The fourth-order valence-corrected chi connectivity index (χ4v) is 2.09. The van der Waals surface area contributed by atoms with Gasteiger partial charge in [0.15, 0.2) is 11.5 Å². The Morgan fingerprint density at radius 1 is 1.09 bits per heavy atom. The molecule has 2 N–H and O–H groups in total. The third-order valence-electron chi connectivity index (χ3n) is 3.34. The van der Waals surface area contributed by atoms with Gasteiger partial charge in [-0.2, -0.15) is 5.10 Å². The molecule has 1 aromatic carbocycles. The highest BCUT2D eigenvalue weighted by Crippen LogP contribution is 2.35. The molecule has 0 atom stereocenters. The number of hydrogen-bond acceptors (Lipinski definition) is 5. The van der Waals surface area contributed by atoms with E-state index in [1.54, 1.807) is 24.4 Å². The summed E-state index contributed by atoms with van der Waals surface area (Å²) in [4.78, 5) is 0. The number of allylic oxidation sites excluding steroid dienone is 1. The fraction of sp³-hybridized carbons (Fsp3) is 0.471. The second kappa shape index (κ2) is 5.55. The predicted octanol–water partition coefficient (Wildman–Crippen LogP) is 3.63. The van der Waals surface area contributed by atoms with Crippen LogP contribution in [0.25, 0.3) is 0 Å². The van der Waals surface area contributed by atoms with Crippen LogP contribution < -0.4 is 10.3 Å². The van der Waals surface area contributed by atoms with Gasteiger partial charge in [-0.1, -0.05) is 32.9 Å². The number of hydrazine groups is 1. The van der Waals surface area contributed by atoms with Crippen molar-refractivity contribution in [2.75, 3.05) is 0 Å². The van der Waals surface area contributed by atoms with Crippen molar-refractivity contribution in [2.45, 2.75) is 47.1 Å². The molecule has 0 bridgehead atoms. The Balaban J connectivity index is 2.52. The zero-order valence-electron chi connectivity index (χ0n) is 14.1. The number of phenols is 1. The van der Waals surface area contributed by atoms with Gasteiger partial charge in [0.1, 0.15) is 0 Å². The van der Waals surface area contributed by atoms with E-state index in [0.717, 1.165) is 5.57 Å². The largest absolute Gasteiger partial charge is 0.504 e. The molecule has 0 aliphatic carbocycles. The van der Waals surface area contributed by atoms with E-state index < -0.39 is 0 Å². The minimum atomic E-state index is -0.242. The first kappa shape index (κ1) is 16.2. The topological polar surface area (TPSA) is 57.1 Å². The summed E-state index contributed by atoms with van der Waals surface area (Å²) in [5.41, 5.74) is 3.57. The second-order valence-electron chi connectivity index (χ2n) is 7.40. The average Bonchev–Trinajstić information content (AvgIpc) is 2.39. The Hall–Kier alpha value is -2.17. The minimum absolute atomic E-state index is 0.111. The first-order chi connectivity index (χ1) is 10.1. The molecule has 1 aliphatic rings. The van der Waals surface area contributed by atoms with E-state index in [1.165, 1.54) is 0 Å². The number of nitrogens with one attached hydrogen (secondary N) is 1.